The van der Waals surface area contributed by atoms with Crippen LogP contribution in [-0.4, -0.2) is 32.1 Å². The molecule has 0 aliphatic carbocycles. The highest BCUT2D eigenvalue weighted by atomic mass is 32.2. The third-order valence-corrected chi connectivity index (χ3v) is 4.94. The van der Waals surface area contributed by atoms with Crippen molar-refractivity contribution >= 4 is 21.8 Å². The topological polar surface area (TPSA) is 75.7 Å². The van der Waals surface area contributed by atoms with Crippen molar-refractivity contribution in [3.05, 3.63) is 59.7 Å². The molecular weight excluding hydrogens is 388 g/mol. The molecule has 2 amide bonds. The smallest absolute Gasteiger partial charge is 0.322 e. The number of anilines is 1. The zero-order chi connectivity index (χ0) is 21.4. The Labute approximate surface area is 174 Å². The maximum Gasteiger partial charge on any atom is 0.322 e. The molecule has 0 saturated carbocycles. The highest BCUT2D eigenvalue weighted by molar-refractivity contribution is 7.86. The fourth-order valence-electron chi connectivity index (χ4n) is 2.86. The number of para-hydroxylation sites is 1. The Balaban J connectivity index is 2.13. The molecule has 0 radical (unpaired) electrons. The quantitative estimate of drug-likeness (QED) is 0.601. The zero-order valence-electron chi connectivity index (χ0n) is 17.5. The van der Waals surface area contributed by atoms with Gasteiger partial charge in [0.15, 0.2) is 0 Å². The fraction of sp³-hybridized carbons (Fsp3) is 0.409. The molecule has 0 spiro atoms. The van der Waals surface area contributed by atoms with Gasteiger partial charge in [-0.25, -0.2) is 4.79 Å². The van der Waals surface area contributed by atoms with Crippen LogP contribution in [0.25, 0.3) is 0 Å². The third kappa shape index (κ3) is 7.77. The minimum atomic E-state index is -3.56. The van der Waals surface area contributed by atoms with Gasteiger partial charge in [-0.05, 0) is 48.1 Å². The molecule has 1 N–H and O–H groups in total. The van der Waals surface area contributed by atoms with E-state index in [4.69, 9.17) is 4.18 Å². The van der Waals surface area contributed by atoms with E-state index < -0.39 is 10.1 Å². The fourth-order valence-corrected chi connectivity index (χ4v) is 3.32. The van der Waals surface area contributed by atoms with Crippen LogP contribution in [0.5, 0.6) is 5.75 Å². The lowest BCUT2D eigenvalue weighted by atomic mass is 10.1. The number of aryl methyl sites for hydroxylation is 1. The first-order valence-electron chi connectivity index (χ1n) is 9.80. The Morgan fingerprint density at radius 3 is 2.34 bits per heavy atom. The summed E-state index contributed by atoms with van der Waals surface area (Å²) in [5.41, 5.74) is 2.81. The lowest BCUT2D eigenvalue weighted by Crippen LogP contribution is -2.36. The van der Waals surface area contributed by atoms with E-state index in [0.717, 1.165) is 35.9 Å². The monoisotopic (exact) mass is 418 g/mol. The van der Waals surface area contributed by atoms with E-state index in [0.29, 0.717) is 19.0 Å². The summed E-state index contributed by atoms with van der Waals surface area (Å²) in [7, 11) is -3.56. The van der Waals surface area contributed by atoms with Crippen LogP contribution in [0.2, 0.25) is 0 Å². The molecule has 2 rings (SSSR count). The lowest BCUT2D eigenvalue weighted by molar-refractivity contribution is 0.205. The predicted octanol–water partition coefficient (Wildman–Crippen LogP) is 4.67. The molecule has 0 saturated heterocycles. The van der Waals surface area contributed by atoms with Crippen molar-refractivity contribution in [3.8, 4) is 5.75 Å². The maximum absolute atomic E-state index is 13.0. The van der Waals surface area contributed by atoms with Crippen LogP contribution < -0.4 is 9.50 Å². The first-order valence-corrected chi connectivity index (χ1v) is 11.6. The minimum Gasteiger partial charge on any atom is -0.383 e. The molecule has 6 nitrogen and oxygen atoms in total. The molecule has 0 bridgehead atoms. The number of amides is 2. The van der Waals surface area contributed by atoms with Gasteiger partial charge in [0.25, 0.3) is 0 Å². The first-order chi connectivity index (χ1) is 13.7. The number of hydrogen-bond donors (Lipinski definition) is 1. The van der Waals surface area contributed by atoms with Gasteiger partial charge in [0.2, 0.25) is 0 Å². The minimum absolute atomic E-state index is 0.150. The van der Waals surface area contributed by atoms with Gasteiger partial charge in [-0.3, -0.25) is 0 Å². The van der Waals surface area contributed by atoms with Crippen LogP contribution in [0.3, 0.4) is 0 Å². The van der Waals surface area contributed by atoms with Gasteiger partial charge < -0.3 is 14.4 Å². The van der Waals surface area contributed by atoms with E-state index in [2.05, 4.69) is 26.1 Å². The number of urea groups is 1. The van der Waals surface area contributed by atoms with Crippen molar-refractivity contribution in [3.63, 3.8) is 0 Å². The maximum atomic E-state index is 13.0. The third-order valence-electron chi connectivity index (χ3n) is 4.45. The van der Waals surface area contributed by atoms with Crippen molar-refractivity contribution in [2.75, 3.05) is 18.1 Å². The van der Waals surface area contributed by atoms with Gasteiger partial charge in [-0.2, -0.15) is 8.42 Å². The summed E-state index contributed by atoms with van der Waals surface area (Å²) < 4.78 is 27.4. The second kappa shape index (κ2) is 10.3. The Bertz CT molecular complexity index is 909. The number of benzene rings is 2. The number of nitrogens with one attached hydrogen (secondary N) is 1. The summed E-state index contributed by atoms with van der Waals surface area (Å²) in [6.45, 7) is 7.35. The highest BCUT2D eigenvalue weighted by Crippen LogP contribution is 2.19. The van der Waals surface area contributed by atoms with Crippen molar-refractivity contribution < 1.29 is 17.4 Å². The van der Waals surface area contributed by atoms with Crippen LogP contribution in [0.15, 0.2) is 48.5 Å². The second-order valence-corrected chi connectivity index (χ2v) is 9.05. The molecular formula is C22H30N2O4S. The predicted molar refractivity (Wildman–Crippen MR) is 117 cm³/mol. The number of rotatable bonds is 9. The summed E-state index contributed by atoms with van der Waals surface area (Å²) >= 11 is 0. The van der Waals surface area contributed by atoms with Crippen LogP contribution >= 0.6 is 0 Å². The number of carbonyl (C=O) groups excluding carboxylic acids is 1. The van der Waals surface area contributed by atoms with Crippen LogP contribution in [-0.2, 0) is 23.1 Å². The van der Waals surface area contributed by atoms with Gasteiger partial charge in [0.05, 0.1) is 6.26 Å². The van der Waals surface area contributed by atoms with Gasteiger partial charge in [-0.15, -0.1) is 0 Å². The van der Waals surface area contributed by atoms with E-state index in [1.54, 1.807) is 29.2 Å². The van der Waals surface area contributed by atoms with Crippen molar-refractivity contribution in [1.29, 1.82) is 0 Å². The Morgan fingerprint density at radius 2 is 1.76 bits per heavy atom. The lowest BCUT2D eigenvalue weighted by Gasteiger charge is -2.25. The highest BCUT2D eigenvalue weighted by Gasteiger charge is 2.16. The van der Waals surface area contributed by atoms with Crippen LogP contribution in [0.4, 0.5) is 10.5 Å². The zero-order valence-corrected chi connectivity index (χ0v) is 18.3. The standard InChI is InChI=1S/C22H30N2O4S/c1-5-19-8-6-7-9-21(19)23-22(25)24(15-14-17(2)3)16-18-10-12-20(13-11-18)28-29(4,26)27/h6-13,17H,5,14-16H2,1-4H3,(H,23,25). The Morgan fingerprint density at radius 1 is 1.10 bits per heavy atom. The van der Waals surface area contributed by atoms with E-state index in [-0.39, 0.29) is 11.8 Å². The molecule has 29 heavy (non-hydrogen) atoms. The number of carbonyl (C=O) groups is 1. The van der Waals surface area contributed by atoms with E-state index >= 15 is 0 Å². The molecule has 0 fully saturated rings. The molecule has 0 aliphatic rings. The number of hydrogen-bond acceptors (Lipinski definition) is 4. The SMILES string of the molecule is CCc1ccccc1NC(=O)N(CCC(C)C)Cc1ccc(OS(C)(=O)=O)cc1. The summed E-state index contributed by atoms with van der Waals surface area (Å²) in [5.74, 6) is 0.727. The largest absolute Gasteiger partial charge is 0.383 e. The molecule has 0 atom stereocenters. The molecule has 0 aromatic heterocycles. The van der Waals surface area contributed by atoms with Gasteiger partial charge in [0.1, 0.15) is 5.75 Å². The summed E-state index contributed by atoms with van der Waals surface area (Å²) in [5, 5.41) is 3.03. The van der Waals surface area contributed by atoms with Crippen LogP contribution in [0.1, 0.15) is 38.3 Å². The van der Waals surface area contributed by atoms with Gasteiger partial charge >= 0.3 is 16.1 Å². The second-order valence-electron chi connectivity index (χ2n) is 7.48. The van der Waals surface area contributed by atoms with Crippen molar-refractivity contribution in [2.45, 2.75) is 40.2 Å². The van der Waals surface area contributed by atoms with E-state index in [1.807, 2.05) is 24.3 Å². The molecule has 2 aromatic rings. The van der Waals surface area contributed by atoms with Crippen molar-refractivity contribution in [2.24, 2.45) is 5.92 Å². The average molecular weight is 419 g/mol. The van der Waals surface area contributed by atoms with Gasteiger partial charge in [0, 0.05) is 18.8 Å². The molecule has 0 aliphatic heterocycles. The molecule has 0 heterocycles. The van der Waals surface area contributed by atoms with Crippen molar-refractivity contribution in [1.82, 2.24) is 4.90 Å². The normalized spacial score (nSPS) is 11.3. The molecule has 0 unspecified atom stereocenters. The Hall–Kier alpha value is -2.54. The van der Waals surface area contributed by atoms with E-state index in [9.17, 15) is 13.2 Å². The molecule has 2 aromatic carbocycles. The Kier molecular flexibility index (Phi) is 8.08. The molecule has 158 valence electrons. The van der Waals surface area contributed by atoms with E-state index in [1.165, 1.54) is 0 Å². The number of nitrogens with zero attached hydrogens (tertiary/aromatic N) is 1. The first kappa shape index (κ1) is 22.7. The van der Waals surface area contributed by atoms with Crippen LogP contribution in [0, 0.1) is 5.92 Å². The summed E-state index contributed by atoms with van der Waals surface area (Å²) in [4.78, 5) is 14.7. The average Bonchev–Trinajstić information content (AvgIpc) is 2.65. The summed E-state index contributed by atoms with van der Waals surface area (Å²) in [6, 6.07) is 14.4. The van der Waals surface area contributed by atoms with Gasteiger partial charge in [-0.1, -0.05) is 51.1 Å². The summed E-state index contributed by atoms with van der Waals surface area (Å²) in [6.07, 6.45) is 2.73. The molecule has 7 heteroatoms.